The molecule has 114 valence electrons. The summed E-state index contributed by atoms with van der Waals surface area (Å²) in [4.78, 5) is 4.54. The van der Waals surface area contributed by atoms with Crippen molar-refractivity contribution in [2.45, 2.75) is 46.2 Å². The maximum absolute atomic E-state index is 4.54. The third-order valence-electron chi connectivity index (χ3n) is 3.57. The van der Waals surface area contributed by atoms with Crippen LogP contribution in [0.1, 0.15) is 43.3 Å². The minimum absolute atomic E-state index is 0.296. The Labute approximate surface area is 135 Å². The highest BCUT2D eigenvalue weighted by atomic mass is 79.9. The molecule has 0 aliphatic rings. The molecule has 0 saturated heterocycles. The summed E-state index contributed by atoms with van der Waals surface area (Å²) in [6.07, 6.45) is 6.02. The molecule has 1 aromatic carbocycles. The van der Waals surface area contributed by atoms with Crippen molar-refractivity contribution < 1.29 is 0 Å². The predicted octanol–water partition coefficient (Wildman–Crippen LogP) is 4.26. The van der Waals surface area contributed by atoms with Gasteiger partial charge < -0.3 is 9.88 Å². The molecule has 2 rings (SSSR count). The Morgan fingerprint density at radius 1 is 1.29 bits per heavy atom. The van der Waals surface area contributed by atoms with Crippen molar-refractivity contribution in [3.8, 4) is 0 Å². The molecular formula is C17H24BrN3. The average molecular weight is 350 g/mol. The van der Waals surface area contributed by atoms with E-state index < -0.39 is 0 Å². The number of hydrogen-bond donors (Lipinski definition) is 1. The van der Waals surface area contributed by atoms with Gasteiger partial charge in [0.15, 0.2) is 0 Å². The van der Waals surface area contributed by atoms with Gasteiger partial charge in [-0.1, -0.05) is 35.8 Å². The van der Waals surface area contributed by atoms with Gasteiger partial charge in [0.1, 0.15) is 5.82 Å². The van der Waals surface area contributed by atoms with Gasteiger partial charge in [0.05, 0.1) is 0 Å². The molecule has 0 spiro atoms. The maximum atomic E-state index is 4.54. The smallest absolute Gasteiger partial charge is 0.110 e. The second kappa shape index (κ2) is 7.76. The van der Waals surface area contributed by atoms with Crippen molar-refractivity contribution >= 4 is 15.9 Å². The van der Waals surface area contributed by atoms with Crippen molar-refractivity contribution in [2.75, 3.05) is 6.54 Å². The number of aryl methyl sites for hydroxylation is 2. The molecule has 1 aromatic heterocycles. The van der Waals surface area contributed by atoms with Crippen LogP contribution in [0.25, 0.3) is 0 Å². The molecule has 0 fully saturated rings. The number of aromatic nitrogens is 2. The first-order valence-electron chi connectivity index (χ1n) is 7.64. The zero-order valence-corrected chi connectivity index (χ0v) is 14.7. The fraction of sp³-hybridized carbons (Fsp3) is 0.471. The van der Waals surface area contributed by atoms with E-state index in [1.165, 1.54) is 11.1 Å². The van der Waals surface area contributed by atoms with Crippen LogP contribution in [-0.4, -0.2) is 16.1 Å². The number of hydrogen-bond acceptors (Lipinski definition) is 2. The molecular weight excluding hydrogens is 326 g/mol. The molecule has 0 aliphatic heterocycles. The lowest BCUT2D eigenvalue weighted by Gasteiger charge is -2.20. The molecule has 1 heterocycles. The van der Waals surface area contributed by atoms with Crippen LogP contribution in [0.4, 0.5) is 0 Å². The zero-order chi connectivity index (χ0) is 15.2. The Balaban J connectivity index is 2.24. The van der Waals surface area contributed by atoms with Crippen molar-refractivity contribution in [1.29, 1.82) is 0 Å². The second-order valence-corrected chi connectivity index (χ2v) is 6.33. The van der Waals surface area contributed by atoms with E-state index >= 15 is 0 Å². The fourth-order valence-electron chi connectivity index (χ4n) is 2.68. The number of likely N-dealkylation sites (N-methyl/N-ethyl adjacent to an activating group) is 1. The lowest BCUT2D eigenvalue weighted by Crippen LogP contribution is -2.24. The Morgan fingerprint density at radius 3 is 2.76 bits per heavy atom. The van der Waals surface area contributed by atoms with Crippen LogP contribution >= 0.6 is 15.9 Å². The minimum Gasteiger partial charge on any atom is -0.335 e. The molecule has 0 radical (unpaired) electrons. The van der Waals surface area contributed by atoms with E-state index in [9.17, 15) is 0 Å². The van der Waals surface area contributed by atoms with Gasteiger partial charge in [0.2, 0.25) is 0 Å². The quantitative estimate of drug-likeness (QED) is 0.809. The topological polar surface area (TPSA) is 29.9 Å². The van der Waals surface area contributed by atoms with Crippen LogP contribution in [0.15, 0.2) is 35.1 Å². The number of halogens is 1. The lowest BCUT2D eigenvalue weighted by molar-refractivity contribution is 0.516. The molecule has 0 saturated carbocycles. The van der Waals surface area contributed by atoms with Crippen molar-refractivity contribution in [1.82, 2.24) is 14.9 Å². The highest BCUT2D eigenvalue weighted by Gasteiger charge is 2.15. The van der Waals surface area contributed by atoms with Crippen LogP contribution in [0.3, 0.4) is 0 Å². The van der Waals surface area contributed by atoms with E-state index in [2.05, 4.69) is 76.0 Å². The summed E-state index contributed by atoms with van der Waals surface area (Å²) in [6.45, 7) is 8.46. The first-order chi connectivity index (χ1) is 10.1. The number of nitrogens with one attached hydrogen (secondary N) is 1. The lowest BCUT2D eigenvalue weighted by atomic mass is 10.0. The van der Waals surface area contributed by atoms with E-state index in [4.69, 9.17) is 0 Å². The second-order valence-electron chi connectivity index (χ2n) is 5.41. The van der Waals surface area contributed by atoms with Gasteiger partial charge >= 0.3 is 0 Å². The Hall–Kier alpha value is -1.13. The van der Waals surface area contributed by atoms with E-state index in [1.807, 2.05) is 6.20 Å². The Kier molecular flexibility index (Phi) is 6.00. The molecule has 1 atom stereocenters. The monoisotopic (exact) mass is 349 g/mol. The molecule has 0 aliphatic carbocycles. The number of nitrogens with zero attached hydrogens (tertiary/aromatic N) is 2. The fourth-order valence-corrected chi connectivity index (χ4v) is 3.30. The van der Waals surface area contributed by atoms with Gasteiger partial charge in [-0.2, -0.15) is 0 Å². The summed E-state index contributed by atoms with van der Waals surface area (Å²) in [7, 11) is 0. The Bertz CT molecular complexity index is 557. The van der Waals surface area contributed by atoms with E-state index in [0.29, 0.717) is 6.04 Å². The van der Waals surface area contributed by atoms with E-state index in [-0.39, 0.29) is 0 Å². The molecule has 1 unspecified atom stereocenters. The van der Waals surface area contributed by atoms with Crippen LogP contribution < -0.4 is 5.32 Å². The molecule has 0 bridgehead atoms. The van der Waals surface area contributed by atoms with E-state index in [1.54, 1.807) is 0 Å². The standard InChI is InChI=1S/C17H24BrN3/c1-4-7-21-8-6-20-17(21)12-16(19-5-2)14-9-13(3)10-15(18)11-14/h6,8-11,16,19H,4-5,7,12H2,1-3H3. The molecule has 0 amide bonds. The van der Waals surface area contributed by atoms with Gasteiger partial charge in [-0.25, -0.2) is 4.98 Å². The van der Waals surface area contributed by atoms with Gasteiger partial charge in [0, 0.05) is 35.9 Å². The van der Waals surface area contributed by atoms with Crippen LogP contribution in [-0.2, 0) is 13.0 Å². The normalized spacial score (nSPS) is 12.6. The van der Waals surface area contributed by atoms with Crippen molar-refractivity contribution in [3.63, 3.8) is 0 Å². The highest BCUT2D eigenvalue weighted by Crippen LogP contribution is 2.23. The summed E-state index contributed by atoms with van der Waals surface area (Å²) >= 11 is 3.60. The molecule has 21 heavy (non-hydrogen) atoms. The zero-order valence-electron chi connectivity index (χ0n) is 13.1. The van der Waals surface area contributed by atoms with Crippen molar-refractivity contribution in [2.24, 2.45) is 0 Å². The number of imidazole rings is 1. The largest absolute Gasteiger partial charge is 0.335 e. The predicted molar refractivity (Wildman–Crippen MR) is 91.5 cm³/mol. The molecule has 1 N–H and O–H groups in total. The van der Waals surface area contributed by atoms with Crippen LogP contribution in [0, 0.1) is 6.92 Å². The van der Waals surface area contributed by atoms with Crippen LogP contribution in [0.5, 0.6) is 0 Å². The van der Waals surface area contributed by atoms with Gasteiger partial charge in [0.25, 0.3) is 0 Å². The third-order valence-corrected chi connectivity index (χ3v) is 4.03. The summed E-state index contributed by atoms with van der Waals surface area (Å²) in [5, 5.41) is 3.59. The van der Waals surface area contributed by atoms with Crippen molar-refractivity contribution in [3.05, 3.63) is 52.0 Å². The average Bonchev–Trinajstić information content (AvgIpc) is 2.85. The maximum Gasteiger partial charge on any atom is 0.110 e. The first kappa shape index (κ1) is 16.2. The summed E-state index contributed by atoms with van der Waals surface area (Å²) < 4.78 is 3.40. The van der Waals surface area contributed by atoms with Crippen LogP contribution in [0.2, 0.25) is 0 Å². The van der Waals surface area contributed by atoms with Gasteiger partial charge in [-0.3, -0.25) is 0 Å². The molecule has 4 heteroatoms. The summed E-state index contributed by atoms with van der Waals surface area (Å²) in [5.74, 6) is 1.15. The van der Waals surface area contributed by atoms with Gasteiger partial charge in [-0.05, 0) is 43.1 Å². The van der Waals surface area contributed by atoms with E-state index in [0.717, 1.165) is 36.2 Å². The van der Waals surface area contributed by atoms with Gasteiger partial charge in [-0.15, -0.1) is 0 Å². The minimum atomic E-state index is 0.296. The summed E-state index contributed by atoms with van der Waals surface area (Å²) in [5.41, 5.74) is 2.59. The summed E-state index contributed by atoms with van der Waals surface area (Å²) in [6, 6.07) is 6.90. The first-order valence-corrected chi connectivity index (χ1v) is 8.43. The Morgan fingerprint density at radius 2 is 2.10 bits per heavy atom. The third kappa shape index (κ3) is 4.42. The highest BCUT2D eigenvalue weighted by molar-refractivity contribution is 9.10. The number of benzene rings is 1. The number of rotatable bonds is 7. The molecule has 3 nitrogen and oxygen atoms in total. The molecule has 2 aromatic rings. The SMILES string of the molecule is CCCn1ccnc1CC(NCC)c1cc(C)cc(Br)c1.